The Labute approximate surface area is 208 Å². The van der Waals surface area contributed by atoms with Crippen LogP contribution in [0.4, 0.5) is 0 Å². The topological polar surface area (TPSA) is 75.1 Å². The average molecular weight is 553 g/mol. The highest BCUT2D eigenvalue weighted by Gasteiger charge is 2.34. The maximum atomic E-state index is 9.45. The van der Waals surface area contributed by atoms with E-state index in [1.165, 1.54) is 5.56 Å². The van der Waals surface area contributed by atoms with Gasteiger partial charge in [-0.1, -0.05) is 54.6 Å². The number of ether oxygens (including phenoxy) is 2. The quantitative estimate of drug-likeness (QED) is 0.224. The predicted molar refractivity (Wildman–Crippen MR) is 139 cm³/mol. The largest absolute Gasteiger partial charge is 0.396 e. The Morgan fingerprint density at radius 1 is 1.06 bits per heavy atom. The summed E-state index contributed by atoms with van der Waals surface area (Å²) in [5.41, 5.74) is 3.46. The molecule has 1 unspecified atom stereocenters. The van der Waals surface area contributed by atoms with E-state index in [2.05, 4.69) is 41.8 Å². The first kappa shape index (κ1) is 26.6. The first-order valence-electron chi connectivity index (χ1n) is 11.1. The van der Waals surface area contributed by atoms with Crippen LogP contribution in [-0.4, -0.2) is 44.0 Å². The number of benzene rings is 2. The van der Waals surface area contributed by atoms with E-state index in [9.17, 15) is 5.11 Å². The molecule has 0 saturated carbocycles. The number of nitrogens with zero attached hydrogens (tertiary/aromatic N) is 1. The van der Waals surface area contributed by atoms with E-state index in [1.807, 2.05) is 30.3 Å². The lowest BCUT2D eigenvalue weighted by molar-refractivity contribution is 0.106. The molecule has 6 nitrogen and oxygen atoms in total. The molecule has 2 aromatic rings. The van der Waals surface area contributed by atoms with Crippen molar-refractivity contribution in [3.63, 3.8) is 0 Å². The molecule has 1 fully saturated rings. The fraction of sp³-hybridized carbons (Fsp3) is 0.480. The zero-order chi connectivity index (χ0) is 21.8. The van der Waals surface area contributed by atoms with Crippen LogP contribution in [0.25, 0.3) is 0 Å². The van der Waals surface area contributed by atoms with Crippen LogP contribution in [0, 0.1) is 5.41 Å². The zero-order valence-electron chi connectivity index (χ0n) is 18.9. The van der Waals surface area contributed by atoms with Crippen LogP contribution in [0.5, 0.6) is 0 Å². The Kier molecular flexibility index (Phi) is 12.0. The fourth-order valence-corrected chi connectivity index (χ4v) is 3.79. The van der Waals surface area contributed by atoms with E-state index >= 15 is 0 Å². The Balaban J connectivity index is 0.00000363. The van der Waals surface area contributed by atoms with Gasteiger partial charge in [-0.2, -0.15) is 0 Å². The van der Waals surface area contributed by atoms with Crippen molar-refractivity contribution in [1.29, 1.82) is 0 Å². The van der Waals surface area contributed by atoms with Crippen molar-refractivity contribution in [3.8, 4) is 0 Å². The molecule has 1 saturated heterocycles. The molecule has 1 atom stereocenters. The van der Waals surface area contributed by atoms with E-state index in [0.717, 1.165) is 49.6 Å². The Bertz CT molecular complexity index is 811. The van der Waals surface area contributed by atoms with E-state index < -0.39 is 0 Å². The standard InChI is InChI=1S/C25H35N3O3.HI/c1-2-26-24(28-19-25(12-14-29)13-15-30-20-25)27-16-22-10-6-7-11-23(22)18-31-17-21-8-4-3-5-9-21;/h3-11,29H,2,12-20H2,1H3,(H2,26,27,28);1H. The minimum absolute atomic E-state index is 0. The van der Waals surface area contributed by atoms with E-state index in [0.29, 0.717) is 26.4 Å². The monoisotopic (exact) mass is 553 g/mol. The lowest BCUT2D eigenvalue weighted by Gasteiger charge is -2.27. The summed E-state index contributed by atoms with van der Waals surface area (Å²) in [5, 5.41) is 16.2. The zero-order valence-corrected chi connectivity index (χ0v) is 21.2. The fourth-order valence-electron chi connectivity index (χ4n) is 3.79. The van der Waals surface area contributed by atoms with Crippen LogP contribution in [0.15, 0.2) is 59.6 Å². The summed E-state index contributed by atoms with van der Waals surface area (Å²) in [7, 11) is 0. The third kappa shape index (κ3) is 8.35. The molecule has 0 aromatic heterocycles. The molecule has 3 rings (SSSR count). The molecular weight excluding hydrogens is 517 g/mol. The molecule has 176 valence electrons. The molecular formula is C25H36IN3O3. The summed E-state index contributed by atoms with van der Waals surface area (Å²) >= 11 is 0. The molecule has 7 heteroatoms. The van der Waals surface area contributed by atoms with E-state index in [-0.39, 0.29) is 36.0 Å². The summed E-state index contributed by atoms with van der Waals surface area (Å²) in [6.45, 7) is 6.92. The molecule has 0 amide bonds. The first-order valence-corrected chi connectivity index (χ1v) is 11.1. The summed E-state index contributed by atoms with van der Waals surface area (Å²) in [5.74, 6) is 0.784. The first-order chi connectivity index (χ1) is 15.2. The van der Waals surface area contributed by atoms with Gasteiger partial charge < -0.3 is 25.2 Å². The Morgan fingerprint density at radius 2 is 1.81 bits per heavy atom. The van der Waals surface area contributed by atoms with Gasteiger partial charge in [-0.3, -0.25) is 0 Å². The number of nitrogens with one attached hydrogen (secondary N) is 2. The van der Waals surface area contributed by atoms with Crippen LogP contribution >= 0.6 is 24.0 Å². The van der Waals surface area contributed by atoms with Crippen molar-refractivity contribution in [2.75, 3.05) is 32.9 Å². The third-order valence-corrected chi connectivity index (χ3v) is 5.70. The summed E-state index contributed by atoms with van der Waals surface area (Å²) in [6, 6.07) is 18.5. The second-order valence-electron chi connectivity index (χ2n) is 8.07. The lowest BCUT2D eigenvalue weighted by atomic mass is 9.84. The number of rotatable bonds is 11. The SMILES string of the molecule is CCNC(=NCc1ccccc1COCc1ccccc1)NCC1(CCO)CCOC1.I. The molecule has 0 spiro atoms. The van der Waals surface area contributed by atoms with Crippen LogP contribution in [0.3, 0.4) is 0 Å². The van der Waals surface area contributed by atoms with Gasteiger partial charge in [0.15, 0.2) is 5.96 Å². The Hall–Kier alpha value is -1.68. The van der Waals surface area contributed by atoms with Gasteiger partial charge >= 0.3 is 0 Å². The molecule has 0 aliphatic carbocycles. The summed E-state index contributed by atoms with van der Waals surface area (Å²) in [6.07, 6.45) is 1.70. The van der Waals surface area contributed by atoms with Crippen molar-refractivity contribution in [1.82, 2.24) is 10.6 Å². The second kappa shape index (κ2) is 14.5. The number of aliphatic imine (C=N–C) groups is 1. The summed E-state index contributed by atoms with van der Waals surface area (Å²) < 4.78 is 11.5. The minimum Gasteiger partial charge on any atom is -0.396 e. The number of guanidine groups is 1. The minimum atomic E-state index is -0.0197. The number of aliphatic hydroxyl groups is 1. The summed E-state index contributed by atoms with van der Waals surface area (Å²) in [4.78, 5) is 4.80. The van der Waals surface area contributed by atoms with Gasteiger partial charge in [0, 0.05) is 31.7 Å². The van der Waals surface area contributed by atoms with Gasteiger partial charge in [0.2, 0.25) is 0 Å². The predicted octanol–water partition coefficient (Wildman–Crippen LogP) is 3.87. The molecule has 32 heavy (non-hydrogen) atoms. The molecule has 1 aliphatic heterocycles. The van der Waals surface area contributed by atoms with Crippen molar-refractivity contribution in [2.24, 2.45) is 10.4 Å². The van der Waals surface area contributed by atoms with Gasteiger partial charge in [0.1, 0.15) is 0 Å². The van der Waals surface area contributed by atoms with Gasteiger partial charge in [0.05, 0.1) is 26.4 Å². The van der Waals surface area contributed by atoms with Crippen molar-refractivity contribution >= 4 is 29.9 Å². The maximum Gasteiger partial charge on any atom is 0.191 e. The van der Waals surface area contributed by atoms with Crippen LogP contribution in [-0.2, 0) is 29.2 Å². The number of hydrogen-bond acceptors (Lipinski definition) is 4. The van der Waals surface area contributed by atoms with Gasteiger partial charge in [-0.05, 0) is 36.5 Å². The number of hydrogen-bond donors (Lipinski definition) is 3. The van der Waals surface area contributed by atoms with E-state index in [4.69, 9.17) is 14.5 Å². The van der Waals surface area contributed by atoms with Gasteiger partial charge in [-0.15, -0.1) is 24.0 Å². The normalized spacial score (nSPS) is 18.2. The third-order valence-electron chi connectivity index (χ3n) is 5.70. The van der Waals surface area contributed by atoms with Gasteiger partial charge in [-0.25, -0.2) is 4.99 Å². The van der Waals surface area contributed by atoms with Crippen molar-refractivity contribution < 1.29 is 14.6 Å². The molecule has 1 aliphatic rings. The average Bonchev–Trinajstić information content (AvgIpc) is 3.26. The van der Waals surface area contributed by atoms with Crippen LogP contribution < -0.4 is 10.6 Å². The lowest BCUT2D eigenvalue weighted by Crippen LogP contribution is -2.44. The van der Waals surface area contributed by atoms with Crippen molar-refractivity contribution in [3.05, 3.63) is 71.3 Å². The Morgan fingerprint density at radius 3 is 2.50 bits per heavy atom. The highest BCUT2D eigenvalue weighted by Crippen LogP contribution is 2.31. The second-order valence-corrected chi connectivity index (χ2v) is 8.07. The number of halogens is 1. The smallest absolute Gasteiger partial charge is 0.191 e. The van der Waals surface area contributed by atoms with E-state index in [1.54, 1.807) is 0 Å². The molecule has 0 bridgehead atoms. The molecule has 0 radical (unpaired) electrons. The van der Waals surface area contributed by atoms with Gasteiger partial charge in [0.25, 0.3) is 0 Å². The van der Waals surface area contributed by atoms with Crippen LogP contribution in [0.2, 0.25) is 0 Å². The number of aliphatic hydroxyl groups excluding tert-OH is 1. The highest BCUT2D eigenvalue weighted by atomic mass is 127. The van der Waals surface area contributed by atoms with Crippen molar-refractivity contribution in [2.45, 2.75) is 39.5 Å². The highest BCUT2D eigenvalue weighted by molar-refractivity contribution is 14.0. The molecule has 3 N–H and O–H groups in total. The molecule has 1 heterocycles. The molecule has 2 aromatic carbocycles. The maximum absolute atomic E-state index is 9.45. The van der Waals surface area contributed by atoms with Crippen LogP contribution in [0.1, 0.15) is 36.5 Å².